The first-order valence-corrected chi connectivity index (χ1v) is 11.4. The molecule has 0 unspecified atom stereocenters. The molecule has 0 radical (unpaired) electrons. The van der Waals surface area contributed by atoms with Gasteiger partial charge in [-0.1, -0.05) is 12.1 Å². The SMILES string of the molecule is CC(C)(C)OC(=O)c1ccc(C[C@H](NC(=O)[C@@H]2CCCN2S(C)(=O)=O)C(=O)O)cc1. The van der Waals surface area contributed by atoms with Gasteiger partial charge in [-0.3, -0.25) is 4.79 Å². The number of amides is 1. The summed E-state index contributed by atoms with van der Waals surface area (Å²) in [6.45, 7) is 5.51. The number of aliphatic carboxylic acids is 1. The number of esters is 1. The number of ether oxygens (including phenoxy) is 1. The third-order valence-electron chi connectivity index (χ3n) is 4.58. The summed E-state index contributed by atoms with van der Waals surface area (Å²) in [6.07, 6.45) is 1.89. The second-order valence-electron chi connectivity index (χ2n) is 8.33. The van der Waals surface area contributed by atoms with Gasteiger partial charge in [0.05, 0.1) is 11.8 Å². The topological polar surface area (TPSA) is 130 Å². The van der Waals surface area contributed by atoms with Crippen molar-refractivity contribution >= 4 is 27.9 Å². The molecule has 0 saturated carbocycles. The van der Waals surface area contributed by atoms with Crippen LogP contribution in [0, 0.1) is 0 Å². The van der Waals surface area contributed by atoms with Gasteiger partial charge in [-0.2, -0.15) is 4.31 Å². The molecule has 0 spiro atoms. The first kappa shape index (κ1) is 23.8. The Labute approximate surface area is 176 Å². The smallest absolute Gasteiger partial charge is 0.338 e. The average Bonchev–Trinajstić information content (AvgIpc) is 3.10. The molecule has 1 aliphatic rings. The number of carboxylic acids is 1. The lowest BCUT2D eigenvalue weighted by Crippen LogP contribution is -2.51. The zero-order valence-electron chi connectivity index (χ0n) is 17.5. The normalized spacial score (nSPS) is 18.6. The molecular weight excluding hydrogens is 412 g/mol. The van der Waals surface area contributed by atoms with E-state index in [1.807, 2.05) is 0 Å². The van der Waals surface area contributed by atoms with E-state index in [1.165, 1.54) is 12.1 Å². The van der Waals surface area contributed by atoms with Gasteiger partial charge >= 0.3 is 11.9 Å². The molecule has 0 bridgehead atoms. The molecule has 1 saturated heterocycles. The number of nitrogens with one attached hydrogen (secondary N) is 1. The first-order chi connectivity index (χ1) is 13.8. The summed E-state index contributed by atoms with van der Waals surface area (Å²) in [4.78, 5) is 36.3. The van der Waals surface area contributed by atoms with E-state index in [4.69, 9.17) is 4.74 Å². The lowest BCUT2D eigenvalue weighted by atomic mass is 10.0. The van der Waals surface area contributed by atoms with Gasteiger partial charge in [-0.15, -0.1) is 0 Å². The van der Waals surface area contributed by atoms with Crippen LogP contribution in [0.5, 0.6) is 0 Å². The van der Waals surface area contributed by atoms with Crippen molar-refractivity contribution in [1.82, 2.24) is 9.62 Å². The van der Waals surface area contributed by atoms with E-state index in [9.17, 15) is 27.9 Å². The van der Waals surface area contributed by atoms with Gasteiger partial charge in [0.1, 0.15) is 17.7 Å². The molecule has 2 N–H and O–H groups in total. The molecule has 10 heteroatoms. The highest BCUT2D eigenvalue weighted by atomic mass is 32.2. The molecule has 1 fully saturated rings. The number of benzene rings is 1. The molecule has 0 aromatic heterocycles. The van der Waals surface area contributed by atoms with Crippen LogP contribution in [0.15, 0.2) is 24.3 Å². The number of nitrogens with zero attached hydrogens (tertiary/aromatic N) is 1. The van der Waals surface area contributed by atoms with E-state index in [1.54, 1.807) is 32.9 Å². The van der Waals surface area contributed by atoms with Crippen LogP contribution in [0.2, 0.25) is 0 Å². The molecule has 1 aromatic carbocycles. The lowest BCUT2D eigenvalue weighted by molar-refractivity contribution is -0.142. The van der Waals surface area contributed by atoms with Crippen LogP contribution in [0.4, 0.5) is 0 Å². The maximum atomic E-state index is 12.5. The molecular formula is C20H28N2O7S. The number of carbonyl (C=O) groups is 3. The number of carboxylic acid groups (broad SMARTS) is 1. The van der Waals surface area contributed by atoms with Gasteiger partial charge < -0.3 is 15.2 Å². The molecule has 0 aliphatic carbocycles. The zero-order chi connectivity index (χ0) is 22.7. The largest absolute Gasteiger partial charge is 0.480 e. The summed E-state index contributed by atoms with van der Waals surface area (Å²) in [5.41, 5.74) is 0.301. The van der Waals surface area contributed by atoms with Crippen LogP contribution in [-0.4, -0.2) is 66.2 Å². The molecule has 2 atom stereocenters. The summed E-state index contributed by atoms with van der Waals surface area (Å²) >= 11 is 0. The molecule has 1 aromatic rings. The van der Waals surface area contributed by atoms with Crippen LogP contribution in [-0.2, 0) is 30.8 Å². The summed E-state index contributed by atoms with van der Waals surface area (Å²) < 4.78 is 30.0. The van der Waals surface area contributed by atoms with Crippen molar-refractivity contribution in [1.29, 1.82) is 0 Å². The van der Waals surface area contributed by atoms with Gasteiger partial charge in [0.25, 0.3) is 0 Å². The van der Waals surface area contributed by atoms with Crippen molar-refractivity contribution in [3.8, 4) is 0 Å². The maximum Gasteiger partial charge on any atom is 0.338 e. The van der Waals surface area contributed by atoms with Crippen LogP contribution >= 0.6 is 0 Å². The van der Waals surface area contributed by atoms with E-state index in [0.717, 1.165) is 10.6 Å². The Kier molecular flexibility index (Phi) is 7.25. The van der Waals surface area contributed by atoms with Gasteiger partial charge in [0, 0.05) is 13.0 Å². The molecule has 1 heterocycles. The summed E-state index contributed by atoms with van der Waals surface area (Å²) in [5, 5.41) is 11.9. The second kappa shape index (κ2) is 9.13. The maximum absolute atomic E-state index is 12.5. The Balaban J connectivity index is 2.06. The second-order valence-corrected chi connectivity index (χ2v) is 10.3. The minimum atomic E-state index is -3.56. The summed E-state index contributed by atoms with van der Waals surface area (Å²) in [5.74, 6) is -2.35. The number of hydrogen-bond acceptors (Lipinski definition) is 6. The number of rotatable bonds is 7. The Morgan fingerprint density at radius 1 is 1.23 bits per heavy atom. The number of sulfonamides is 1. The van der Waals surface area contributed by atoms with E-state index in [-0.39, 0.29) is 13.0 Å². The Hall–Kier alpha value is -2.46. The highest BCUT2D eigenvalue weighted by Gasteiger charge is 2.37. The average molecular weight is 441 g/mol. The molecule has 166 valence electrons. The van der Waals surface area contributed by atoms with E-state index in [2.05, 4.69) is 5.32 Å². The standard InChI is InChI=1S/C20H28N2O7S/c1-20(2,3)29-19(26)14-9-7-13(8-10-14)12-15(18(24)25)21-17(23)16-6-5-11-22(16)30(4,27)28/h7-10,15-16H,5-6,11-12H2,1-4H3,(H,21,23)(H,24,25)/t15-,16-/m0/s1. The molecule has 2 rings (SSSR count). The monoisotopic (exact) mass is 440 g/mol. The molecule has 1 amide bonds. The van der Waals surface area contributed by atoms with Crippen LogP contribution in [0.25, 0.3) is 0 Å². The van der Waals surface area contributed by atoms with Gasteiger partial charge in [-0.25, -0.2) is 18.0 Å². The van der Waals surface area contributed by atoms with Crippen LogP contribution < -0.4 is 5.32 Å². The highest BCUT2D eigenvalue weighted by Crippen LogP contribution is 2.21. The molecule has 1 aliphatic heterocycles. The van der Waals surface area contributed by atoms with Crippen molar-refractivity contribution < 1.29 is 32.6 Å². The van der Waals surface area contributed by atoms with E-state index in [0.29, 0.717) is 24.0 Å². The van der Waals surface area contributed by atoms with Gasteiger partial charge in [0.15, 0.2) is 0 Å². The number of carbonyl (C=O) groups excluding carboxylic acids is 2. The van der Waals surface area contributed by atoms with Crippen LogP contribution in [0.3, 0.4) is 0 Å². The predicted molar refractivity (Wildman–Crippen MR) is 109 cm³/mol. The lowest BCUT2D eigenvalue weighted by Gasteiger charge is -2.23. The van der Waals surface area contributed by atoms with Crippen molar-refractivity contribution in [3.05, 3.63) is 35.4 Å². The minimum absolute atomic E-state index is 0.0126. The third kappa shape index (κ3) is 6.53. The summed E-state index contributed by atoms with van der Waals surface area (Å²) in [7, 11) is -3.56. The fraction of sp³-hybridized carbons (Fsp3) is 0.550. The van der Waals surface area contributed by atoms with Crippen molar-refractivity contribution in [2.45, 2.75) is 57.7 Å². The minimum Gasteiger partial charge on any atom is -0.480 e. The van der Waals surface area contributed by atoms with Crippen molar-refractivity contribution in [2.24, 2.45) is 0 Å². The summed E-state index contributed by atoms with van der Waals surface area (Å²) in [6, 6.07) is 4.13. The Morgan fingerprint density at radius 3 is 2.33 bits per heavy atom. The van der Waals surface area contributed by atoms with Crippen LogP contribution in [0.1, 0.15) is 49.5 Å². The fourth-order valence-electron chi connectivity index (χ4n) is 3.22. The zero-order valence-corrected chi connectivity index (χ0v) is 18.4. The molecule has 9 nitrogen and oxygen atoms in total. The Morgan fingerprint density at radius 2 is 1.83 bits per heavy atom. The van der Waals surface area contributed by atoms with E-state index >= 15 is 0 Å². The molecule has 30 heavy (non-hydrogen) atoms. The fourth-order valence-corrected chi connectivity index (χ4v) is 4.34. The Bertz CT molecular complexity index is 904. The third-order valence-corrected chi connectivity index (χ3v) is 5.86. The predicted octanol–water partition coefficient (Wildman–Crippen LogP) is 1.18. The van der Waals surface area contributed by atoms with Crippen molar-refractivity contribution in [2.75, 3.05) is 12.8 Å². The van der Waals surface area contributed by atoms with Gasteiger partial charge in [0.2, 0.25) is 15.9 Å². The van der Waals surface area contributed by atoms with Gasteiger partial charge in [-0.05, 0) is 51.3 Å². The first-order valence-electron chi connectivity index (χ1n) is 9.60. The number of hydrogen-bond donors (Lipinski definition) is 2. The quantitative estimate of drug-likeness (QED) is 0.609. The van der Waals surface area contributed by atoms with E-state index < -0.39 is 45.6 Å². The van der Waals surface area contributed by atoms with Crippen molar-refractivity contribution in [3.63, 3.8) is 0 Å². The highest BCUT2D eigenvalue weighted by molar-refractivity contribution is 7.88.